The SMILES string of the molecule is CC1(C)CC(NC(=O)C2(C(=O)O)CC2)CCO1. The minimum atomic E-state index is -1.14. The normalized spacial score (nSPS) is 29.4. The number of rotatable bonds is 3. The molecule has 0 aromatic heterocycles. The van der Waals surface area contributed by atoms with Gasteiger partial charge in [0.2, 0.25) is 5.91 Å². The maximum Gasteiger partial charge on any atom is 0.319 e. The van der Waals surface area contributed by atoms with Crippen LogP contribution in [0.4, 0.5) is 0 Å². The Kier molecular flexibility index (Phi) is 2.89. The van der Waals surface area contributed by atoms with Crippen molar-refractivity contribution in [3.8, 4) is 0 Å². The van der Waals surface area contributed by atoms with E-state index < -0.39 is 11.4 Å². The number of aliphatic carboxylic acids is 1. The highest BCUT2D eigenvalue weighted by Gasteiger charge is 2.57. The van der Waals surface area contributed by atoms with Crippen LogP contribution in [0.2, 0.25) is 0 Å². The maximum atomic E-state index is 11.9. The molecule has 5 nitrogen and oxygen atoms in total. The van der Waals surface area contributed by atoms with Gasteiger partial charge in [-0.3, -0.25) is 9.59 Å². The van der Waals surface area contributed by atoms with Gasteiger partial charge in [0.05, 0.1) is 5.60 Å². The van der Waals surface area contributed by atoms with Crippen LogP contribution >= 0.6 is 0 Å². The first-order valence-corrected chi connectivity index (χ1v) is 6.04. The minimum Gasteiger partial charge on any atom is -0.480 e. The average Bonchev–Trinajstić information content (AvgIpc) is 2.95. The third-order valence-corrected chi connectivity index (χ3v) is 3.63. The van der Waals surface area contributed by atoms with E-state index in [1.807, 2.05) is 13.8 Å². The van der Waals surface area contributed by atoms with Gasteiger partial charge in [-0.15, -0.1) is 0 Å². The van der Waals surface area contributed by atoms with Crippen molar-refractivity contribution in [2.24, 2.45) is 5.41 Å². The summed E-state index contributed by atoms with van der Waals surface area (Å²) in [7, 11) is 0. The summed E-state index contributed by atoms with van der Waals surface area (Å²) >= 11 is 0. The van der Waals surface area contributed by atoms with Crippen molar-refractivity contribution < 1.29 is 19.4 Å². The van der Waals surface area contributed by atoms with Gasteiger partial charge in [-0.1, -0.05) is 0 Å². The molecule has 0 aromatic rings. The molecular weight excluding hydrogens is 222 g/mol. The lowest BCUT2D eigenvalue weighted by Gasteiger charge is -2.36. The summed E-state index contributed by atoms with van der Waals surface area (Å²) < 4.78 is 5.56. The second kappa shape index (κ2) is 3.98. The second-order valence-electron chi connectivity index (χ2n) is 5.66. The second-order valence-corrected chi connectivity index (χ2v) is 5.66. The molecule has 1 aliphatic carbocycles. The Morgan fingerprint density at radius 3 is 2.47 bits per heavy atom. The van der Waals surface area contributed by atoms with E-state index in [0.29, 0.717) is 19.4 Å². The third kappa shape index (κ3) is 2.44. The van der Waals surface area contributed by atoms with Crippen LogP contribution in [0.1, 0.15) is 39.5 Å². The Bertz CT molecular complexity index is 346. The zero-order valence-corrected chi connectivity index (χ0v) is 10.3. The van der Waals surface area contributed by atoms with E-state index in [2.05, 4.69) is 5.32 Å². The number of carboxylic acids is 1. The lowest BCUT2D eigenvalue weighted by Crippen LogP contribution is -2.49. The largest absolute Gasteiger partial charge is 0.480 e. The molecule has 2 aliphatic rings. The van der Waals surface area contributed by atoms with Crippen molar-refractivity contribution in [3.05, 3.63) is 0 Å². The van der Waals surface area contributed by atoms with Gasteiger partial charge < -0.3 is 15.2 Å². The summed E-state index contributed by atoms with van der Waals surface area (Å²) in [5.41, 5.74) is -1.38. The first-order chi connectivity index (χ1) is 7.86. The monoisotopic (exact) mass is 241 g/mol. The summed E-state index contributed by atoms with van der Waals surface area (Å²) in [6, 6.07) is 0.0306. The Morgan fingerprint density at radius 1 is 1.35 bits per heavy atom. The Balaban J connectivity index is 1.93. The van der Waals surface area contributed by atoms with Crippen LogP contribution in [0, 0.1) is 5.41 Å². The van der Waals surface area contributed by atoms with Crippen LogP contribution in [0.3, 0.4) is 0 Å². The predicted molar refractivity (Wildman–Crippen MR) is 60.5 cm³/mol. The van der Waals surface area contributed by atoms with Crippen molar-refractivity contribution in [3.63, 3.8) is 0 Å². The van der Waals surface area contributed by atoms with E-state index >= 15 is 0 Å². The number of carboxylic acid groups (broad SMARTS) is 1. The molecule has 1 aliphatic heterocycles. The molecule has 1 saturated carbocycles. The number of nitrogens with one attached hydrogen (secondary N) is 1. The molecule has 1 unspecified atom stereocenters. The maximum absolute atomic E-state index is 11.9. The number of carbonyl (C=O) groups excluding carboxylic acids is 1. The van der Waals surface area contributed by atoms with Gasteiger partial charge in [-0.05, 0) is 39.5 Å². The standard InChI is InChI=1S/C12H19NO4/c1-11(2)7-8(3-6-17-11)13-9(14)12(4-5-12)10(15)16/h8H,3-7H2,1-2H3,(H,13,14)(H,15,16). The van der Waals surface area contributed by atoms with Gasteiger partial charge in [0.1, 0.15) is 5.41 Å². The molecule has 1 heterocycles. The molecule has 17 heavy (non-hydrogen) atoms. The van der Waals surface area contributed by atoms with E-state index in [-0.39, 0.29) is 17.6 Å². The first kappa shape index (κ1) is 12.4. The molecule has 1 saturated heterocycles. The smallest absolute Gasteiger partial charge is 0.319 e. The number of hydrogen-bond acceptors (Lipinski definition) is 3. The Morgan fingerprint density at radius 2 is 2.00 bits per heavy atom. The van der Waals surface area contributed by atoms with Gasteiger partial charge in [0, 0.05) is 12.6 Å². The molecule has 2 rings (SSSR count). The molecule has 1 atom stereocenters. The van der Waals surface area contributed by atoms with Crippen molar-refractivity contribution in [1.29, 1.82) is 0 Å². The van der Waals surface area contributed by atoms with Crippen LogP contribution in [-0.4, -0.2) is 35.2 Å². The highest BCUT2D eigenvalue weighted by Crippen LogP contribution is 2.46. The lowest BCUT2D eigenvalue weighted by atomic mass is 9.93. The Labute approximate surface area is 101 Å². The summed E-state index contributed by atoms with van der Waals surface area (Å²) in [6.07, 6.45) is 2.40. The van der Waals surface area contributed by atoms with Crippen LogP contribution in [-0.2, 0) is 14.3 Å². The van der Waals surface area contributed by atoms with Crippen LogP contribution in [0.15, 0.2) is 0 Å². The van der Waals surface area contributed by atoms with E-state index in [0.717, 1.165) is 12.8 Å². The fraction of sp³-hybridized carbons (Fsp3) is 0.833. The van der Waals surface area contributed by atoms with Gasteiger partial charge in [0.15, 0.2) is 0 Å². The zero-order valence-electron chi connectivity index (χ0n) is 10.3. The van der Waals surface area contributed by atoms with E-state index in [4.69, 9.17) is 9.84 Å². The first-order valence-electron chi connectivity index (χ1n) is 6.04. The van der Waals surface area contributed by atoms with Crippen molar-refractivity contribution >= 4 is 11.9 Å². The topological polar surface area (TPSA) is 75.6 Å². The fourth-order valence-corrected chi connectivity index (χ4v) is 2.34. The number of carbonyl (C=O) groups is 2. The van der Waals surface area contributed by atoms with Crippen LogP contribution in [0.25, 0.3) is 0 Å². The van der Waals surface area contributed by atoms with E-state index in [9.17, 15) is 9.59 Å². The molecule has 1 amide bonds. The van der Waals surface area contributed by atoms with Gasteiger partial charge in [0.25, 0.3) is 0 Å². The summed E-state index contributed by atoms with van der Waals surface area (Å²) in [5, 5.41) is 11.9. The minimum absolute atomic E-state index is 0.0306. The zero-order chi connectivity index (χ0) is 12.7. The fourth-order valence-electron chi connectivity index (χ4n) is 2.34. The number of amides is 1. The van der Waals surface area contributed by atoms with Crippen LogP contribution < -0.4 is 5.32 Å². The van der Waals surface area contributed by atoms with Crippen molar-refractivity contribution in [2.45, 2.75) is 51.2 Å². The summed E-state index contributed by atoms with van der Waals surface area (Å²) in [4.78, 5) is 22.9. The number of ether oxygens (including phenoxy) is 1. The molecule has 5 heteroatoms. The molecule has 0 spiro atoms. The van der Waals surface area contributed by atoms with Crippen molar-refractivity contribution in [2.75, 3.05) is 6.61 Å². The average molecular weight is 241 g/mol. The van der Waals surface area contributed by atoms with Crippen molar-refractivity contribution in [1.82, 2.24) is 5.32 Å². The highest BCUT2D eigenvalue weighted by molar-refractivity contribution is 6.04. The highest BCUT2D eigenvalue weighted by atomic mass is 16.5. The summed E-state index contributed by atoms with van der Waals surface area (Å²) in [6.45, 7) is 4.57. The molecule has 0 radical (unpaired) electrons. The molecule has 0 bridgehead atoms. The van der Waals surface area contributed by atoms with Crippen LogP contribution in [0.5, 0.6) is 0 Å². The predicted octanol–water partition coefficient (Wildman–Crippen LogP) is 0.925. The number of hydrogen-bond donors (Lipinski definition) is 2. The molecular formula is C12H19NO4. The lowest BCUT2D eigenvalue weighted by molar-refractivity contribution is -0.149. The molecule has 96 valence electrons. The molecule has 2 N–H and O–H groups in total. The van der Waals surface area contributed by atoms with Gasteiger partial charge in [-0.2, -0.15) is 0 Å². The quantitative estimate of drug-likeness (QED) is 0.721. The third-order valence-electron chi connectivity index (χ3n) is 3.63. The van der Waals surface area contributed by atoms with Gasteiger partial charge >= 0.3 is 5.97 Å². The summed E-state index contributed by atoms with van der Waals surface area (Å²) in [5.74, 6) is -1.32. The molecule has 0 aromatic carbocycles. The van der Waals surface area contributed by atoms with E-state index in [1.54, 1.807) is 0 Å². The van der Waals surface area contributed by atoms with Gasteiger partial charge in [-0.25, -0.2) is 0 Å². The molecule has 2 fully saturated rings. The van der Waals surface area contributed by atoms with E-state index in [1.165, 1.54) is 0 Å². The Hall–Kier alpha value is -1.10.